The Morgan fingerprint density at radius 2 is 2.29 bits per heavy atom. The van der Waals surface area contributed by atoms with Gasteiger partial charge in [0.25, 0.3) is 0 Å². The van der Waals surface area contributed by atoms with Crippen molar-refractivity contribution < 1.29 is 5.11 Å². The minimum absolute atomic E-state index is 0.0930. The molecule has 5 heteroatoms. The Hall–Kier alpha value is -1.23. The molecule has 0 aliphatic heterocycles. The van der Waals surface area contributed by atoms with Crippen LogP contribution in [0, 0.1) is 6.92 Å². The van der Waals surface area contributed by atoms with E-state index in [1.165, 1.54) is 0 Å². The van der Waals surface area contributed by atoms with Crippen LogP contribution in [0.25, 0.3) is 0 Å². The average Bonchev–Trinajstić information content (AvgIpc) is 2.42. The number of nitrogen functional groups attached to an aromatic ring is 1. The van der Waals surface area contributed by atoms with Crippen molar-refractivity contribution in [1.82, 2.24) is 9.78 Å². The van der Waals surface area contributed by atoms with Gasteiger partial charge in [-0.2, -0.15) is 5.10 Å². The summed E-state index contributed by atoms with van der Waals surface area (Å²) in [4.78, 5) is 0. The fourth-order valence-electron chi connectivity index (χ4n) is 1.33. The molecule has 0 aliphatic rings. The van der Waals surface area contributed by atoms with Crippen LogP contribution >= 0.6 is 0 Å². The zero-order valence-corrected chi connectivity index (χ0v) is 8.75. The van der Waals surface area contributed by atoms with E-state index in [1.54, 1.807) is 0 Å². The standard InChI is InChI=1S/C9H18N4O/c1-3-5-13-9(11-4-6-14)8(10)7(2)12-13/h11,14H,3-6,10H2,1-2H3. The summed E-state index contributed by atoms with van der Waals surface area (Å²) >= 11 is 0. The molecule has 0 aliphatic carbocycles. The third-order valence-electron chi connectivity index (χ3n) is 2.01. The Bertz CT molecular complexity index is 295. The molecule has 0 fully saturated rings. The Morgan fingerprint density at radius 1 is 1.57 bits per heavy atom. The van der Waals surface area contributed by atoms with E-state index >= 15 is 0 Å². The van der Waals surface area contributed by atoms with Crippen molar-refractivity contribution in [1.29, 1.82) is 0 Å². The molecule has 0 radical (unpaired) electrons. The Labute approximate surface area is 83.9 Å². The van der Waals surface area contributed by atoms with Crippen molar-refractivity contribution >= 4 is 11.5 Å². The van der Waals surface area contributed by atoms with E-state index in [1.807, 2.05) is 11.6 Å². The maximum Gasteiger partial charge on any atom is 0.148 e. The van der Waals surface area contributed by atoms with Gasteiger partial charge in [0, 0.05) is 13.1 Å². The molecule has 0 spiro atoms. The van der Waals surface area contributed by atoms with Crippen LogP contribution in [0.4, 0.5) is 11.5 Å². The lowest BCUT2D eigenvalue weighted by Gasteiger charge is -2.08. The number of aliphatic hydroxyl groups is 1. The number of aromatic nitrogens is 2. The second-order valence-electron chi connectivity index (χ2n) is 3.22. The second kappa shape index (κ2) is 4.85. The number of rotatable bonds is 5. The minimum Gasteiger partial charge on any atom is -0.395 e. The number of nitrogens with zero attached hydrogens (tertiary/aromatic N) is 2. The lowest BCUT2D eigenvalue weighted by atomic mass is 10.4. The van der Waals surface area contributed by atoms with Gasteiger partial charge in [0.05, 0.1) is 18.0 Å². The van der Waals surface area contributed by atoms with E-state index in [9.17, 15) is 0 Å². The molecule has 0 aromatic carbocycles. The predicted octanol–water partition coefficient (Wildman–Crippen LogP) is 0.588. The first-order chi connectivity index (χ1) is 6.70. The van der Waals surface area contributed by atoms with E-state index in [0.717, 1.165) is 24.5 Å². The molecule has 1 aromatic rings. The van der Waals surface area contributed by atoms with Crippen LogP contribution in [-0.2, 0) is 6.54 Å². The number of nitrogens with two attached hydrogens (primary N) is 1. The van der Waals surface area contributed by atoms with Crippen molar-refractivity contribution in [2.24, 2.45) is 0 Å². The number of anilines is 2. The quantitative estimate of drug-likeness (QED) is 0.647. The monoisotopic (exact) mass is 198 g/mol. The lowest BCUT2D eigenvalue weighted by Crippen LogP contribution is -2.12. The largest absolute Gasteiger partial charge is 0.395 e. The molecular weight excluding hydrogens is 180 g/mol. The third kappa shape index (κ3) is 2.17. The molecule has 4 N–H and O–H groups in total. The highest BCUT2D eigenvalue weighted by Gasteiger charge is 2.10. The lowest BCUT2D eigenvalue weighted by molar-refractivity contribution is 0.310. The zero-order chi connectivity index (χ0) is 10.6. The van der Waals surface area contributed by atoms with Gasteiger partial charge in [0.2, 0.25) is 0 Å². The van der Waals surface area contributed by atoms with Crippen LogP contribution in [-0.4, -0.2) is 28.0 Å². The van der Waals surface area contributed by atoms with Gasteiger partial charge in [-0.05, 0) is 13.3 Å². The van der Waals surface area contributed by atoms with Crippen LogP contribution in [0.1, 0.15) is 19.0 Å². The summed E-state index contributed by atoms with van der Waals surface area (Å²) in [6, 6.07) is 0. The fraction of sp³-hybridized carbons (Fsp3) is 0.667. The van der Waals surface area contributed by atoms with E-state index in [4.69, 9.17) is 10.8 Å². The molecule has 0 unspecified atom stereocenters. The Balaban J connectivity index is 2.85. The highest BCUT2D eigenvalue weighted by atomic mass is 16.3. The topological polar surface area (TPSA) is 76.1 Å². The smallest absolute Gasteiger partial charge is 0.148 e. The van der Waals surface area contributed by atoms with Crippen molar-refractivity contribution in [2.75, 3.05) is 24.2 Å². The van der Waals surface area contributed by atoms with Gasteiger partial charge in [0.15, 0.2) is 0 Å². The third-order valence-corrected chi connectivity index (χ3v) is 2.01. The van der Waals surface area contributed by atoms with Crippen LogP contribution in [0.2, 0.25) is 0 Å². The van der Waals surface area contributed by atoms with Gasteiger partial charge in [-0.3, -0.25) is 0 Å². The summed E-state index contributed by atoms with van der Waals surface area (Å²) in [5.41, 5.74) is 7.35. The summed E-state index contributed by atoms with van der Waals surface area (Å²) in [7, 11) is 0. The molecule has 0 saturated carbocycles. The molecule has 1 aromatic heterocycles. The maximum atomic E-state index is 8.71. The Kier molecular flexibility index (Phi) is 3.76. The SMILES string of the molecule is CCCn1nc(C)c(N)c1NCCO. The van der Waals surface area contributed by atoms with Crippen molar-refractivity contribution in [2.45, 2.75) is 26.8 Å². The van der Waals surface area contributed by atoms with Gasteiger partial charge in [0.1, 0.15) is 5.82 Å². The maximum absolute atomic E-state index is 8.71. The number of hydrogen-bond acceptors (Lipinski definition) is 4. The second-order valence-corrected chi connectivity index (χ2v) is 3.22. The van der Waals surface area contributed by atoms with Crippen LogP contribution in [0.5, 0.6) is 0 Å². The summed E-state index contributed by atoms with van der Waals surface area (Å²) in [6.45, 7) is 5.40. The van der Waals surface area contributed by atoms with Gasteiger partial charge in [-0.1, -0.05) is 6.92 Å². The van der Waals surface area contributed by atoms with Crippen molar-refractivity contribution in [3.63, 3.8) is 0 Å². The minimum atomic E-state index is 0.0930. The van der Waals surface area contributed by atoms with E-state index in [0.29, 0.717) is 12.2 Å². The summed E-state index contributed by atoms with van der Waals surface area (Å²) in [6.07, 6.45) is 1.01. The molecule has 5 nitrogen and oxygen atoms in total. The van der Waals surface area contributed by atoms with E-state index in [-0.39, 0.29) is 6.61 Å². The molecule has 0 amide bonds. The van der Waals surface area contributed by atoms with Crippen LogP contribution in [0.3, 0.4) is 0 Å². The Morgan fingerprint density at radius 3 is 2.86 bits per heavy atom. The molecule has 0 saturated heterocycles. The van der Waals surface area contributed by atoms with Crippen molar-refractivity contribution in [3.8, 4) is 0 Å². The normalized spacial score (nSPS) is 10.5. The van der Waals surface area contributed by atoms with Gasteiger partial charge < -0.3 is 16.2 Å². The molecule has 1 heterocycles. The zero-order valence-electron chi connectivity index (χ0n) is 8.75. The summed E-state index contributed by atoms with van der Waals surface area (Å²) < 4.78 is 1.85. The number of aliphatic hydroxyl groups excluding tert-OH is 1. The predicted molar refractivity (Wildman–Crippen MR) is 57.2 cm³/mol. The van der Waals surface area contributed by atoms with Gasteiger partial charge in [-0.25, -0.2) is 4.68 Å². The highest BCUT2D eigenvalue weighted by Crippen LogP contribution is 2.21. The molecule has 0 bridgehead atoms. The van der Waals surface area contributed by atoms with Crippen LogP contribution < -0.4 is 11.1 Å². The first-order valence-corrected chi connectivity index (χ1v) is 4.88. The molecule has 80 valence electrons. The molecule has 0 atom stereocenters. The molecule has 14 heavy (non-hydrogen) atoms. The fourth-order valence-corrected chi connectivity index (χ4v) is 1.33. The van der Waals surface area contributed by atoms with E-state index < -0.39 is 0 Å². The average molecular weight is 198 g/mol. The summed E-state index contributed by atoms with van der Waals surface area (Å²) in [5.74, 6) is 0.818. The number of aryl methyl sites for hydroxylation is 2. The van der Waals surface area contributed by atoms with Gasteiger partial charge >= 0.3 is 0 Å². The molecular formula is C9H18N4O. The highest BCUT2D eigenvalue weighted by molar-refractivity contribution is 5.64. The van der Waals surface area contributed by atoms with E-state index in [2.05, 4.69) is 17.3 Å². The number of nitrogens with one attached hydrogen (secondary N) is 1. The van der Waals surface area contributed by atoms with Gasteiger partial charge in [-0.15, -0.1) is 0 Å². The first-order valence-electron chi connectivity index (χ1n) is 4.88. The number of hydrogen-bond donors (Lipinski definition) is 3. The first kappa shape index (κ1) is 10.8. The summed E-state index contributed by atoms with van der Waals surface area (Å²) in [5, 5.41) is 16.1. The van der Waals surface area contributed by atoms with Crippen LogP contribution in [0.15, 0.2) is 0 Å². The van der Waals surface area contributed by atoms with Crippen molar-refractivity contribution in [3.05, 3.63) is 5.69 Å². The molecule has 1 rings (SSSR count).